The first-order chi connectivity index (χ1) is 2.41. The summed E-state index contributed by atoms with van der Waals surface area (Å²) in [5, 5.41) is 0. The van der Waals surface area contributed by atoms with Crippen molar-refractivity contribution < 1.29 is 0 Å². The van der Waals surface area contributed by atoms with Gasteiger partial charge < -0.3 is 0 Å². The first kappa shape index (κ1) is 5.35. The molecule has 1 heteroatoms. The van der Waals surface area contributed by atoms with E-state index in [1.807, 2.05) is 0 Å². The van der Waals surface area contributed by atoms with Crippen molar-refractivity contribution in [2.45, 2.75) is 19.8 Å². The largest absolute Gasteiger partial charge is 0.0942 e. The second kappa shape index (κ2) is 4.35. The molecule has 0 N–H and O–H groups in total. The van der Waals surface area contributed by atoms with Gasteiger partial charge in [0.05, 0.1) is 0 Å². The molecule has 0 aromatic rings. The quantitative estimate of drug-likeness (QED) is 0.485. The van der Waals surface area contributed by atoms with E-state index < -0.39 is 0 Å². The lowest BCUT2D eigenvalue weighted by Gasteiger charge is -1.77. The van der Waals surface area contributed by atoms with Crippen LogP contribution in [0.5, 0.6) is 0 Å². The average molecular weight is 89.2 g/mol. The molecule has 0 spiro atoms. The monoisotopic (exact) mass is 89.0 g/mol. The van der Waals surface area contributed by atoms with Gasteiger partial charge in [0.2, 0.25) is 0 Å². The van der Waals surface area contributed by atoms with Crippen LogP contribution in [0.4, 0.5) is 0 Å². The van der Waals surface area contributed by atoms with Crippen molar-refractivity contribution in [3.8, 4) is 0 Å². The highest BCUT2D eigenvalue weighted by Crippen LogP contribution is 1.85. The molecule has 0 nitrogen and oxygen atoms in total. The van der Waals surface area contributed by atoms with Crippen LogP contribution in [0.25, 0.3) is 0 Å². The lowest BCUT2D eigenvalue weighted by molar-refractivity contribution is 0.899. The fourth-order valence-corrected chi connectivity index (χ4v) is 0.433. The summed E-state index contributed by atoms with van der Waals surface area (Å²) in [6, 6.07) is 0. The molecule has 31 valence electrons. The highest BCUT2D eigenvalue weighted by Gasteiger charge is 1.69. The fraction of sp³-hybridized carbons (Fsp3) is 1.00. The van der Waals surface area contributed by atoms with E-state index in [0.29, 0.717) is 0 Å². The molecular formula is C4H9S. The molecule has 0 aliphatic rings. The van der Waals surface area contributed by atoms with Gasteiger partial charge in [-0.15, -0.1) is 0 Å². The van der Waals surface area contributed by atoms with Crippen molar-refractivity contribution in [3.05, 3.63) is 0 Å². The zero-order valence-electron chi connectivity index (χ0n) is 3.53. The maximum atomic E-state index is 4.65. The van der Waals surface area contributed by atoms with Gasteiger partial charge in [0.25, 0.3) is 0 Å². The molecule has 0 atom stereocenters. The summed E-state index contributed by atoms with van der Waals surface area (Å²) in [5.74, 6) is 0.927. The molecule has 0 aromatic carbocycles. The summed E-state index contributed by atoms with van der Waals surface area (Å²) in [6.07, 6.45) is 2.44. The van der Waals surface area contributed by atoms with E-state index in [0.717, 1.165) is 5.75 Å². The molecule has 5 heavy (non-hydrogen) atoms. The highest BCUT2D eigenvalue weighted by atomic mass is 32.1. The van der Waals surface area contributed by atoms with Gasteiger partial charge >= 0.3 is 0 Å². The molecule has 0 fully saturated rings. The van der Waals surface area contributed by atoms with E-state index in [9.17, 15) is 0 Å². The third kappa shape index (κ3) is 4.35. The molecule has 0 heterocycles. The third-order valence-corrected chi connectivity index (χ3v) is 0.787. The Morgan fingerprint density at radius 2 is 2.20 bits per heavy atom. The lowest BCUT2D eigenvalue weighted by atomic mass is 10.4. The normalized spacial score (nSPS) is 8.40. The lowest BCUT2D eigenvalue weighted by Crippen LogP contribution is -1.65. The predicted molar refractivity (Wildman–Crippen MR) is 27.4 cm³/mol. The van der Waals surface area contributed by atoms with Gasteiger partial charge in [-0.05, 0) is 6.42 Å². The van der Waals surface area contributed by atoms with Crippen LogP contribution in [0, 0.1) is 0 Å². The Morgan fingerprint density at radius 1 is 1.60 bits per heavy atom. The first-order valence-electron chi connectivity index (χ1n) is 2.00. The van der Waals surface area contributed by atoms with Gasteiger partial charge in [0, 0.05) is 5.75 Å². The van der Waals surface area contributed by atoms with E-state index in [1.165, 1.54) is 12.8 Å². The summed E-state index contributed by atoms with van der Waals surface area (Å²) in [5.41, 5.74) is 0. The molecule has 0 aromatic heterocycles. The van der Waals surface area contributed by atoms with Gasteiger partial charge in [-0.1, -0.05) is 26.0 Å². The van der Waals surface area contributed by atoms with Crippen molar-refractivity contribution in [3.63, 3.8) is 0 Å². The molecule has 0 bridgehead atoms. The first-order valence-corrected chi connectivity index (χ1v) is 2.57. The SMILES string of the molecule is CCCC[S]. The summed E-state index contributed by atoms with van der Waals surface area (Å²) in [4.78, 5) is 0. The molecule has 0 aliphatic carbocycles. The van der Waals surface area contributed by atoms with Gasteiger partial charge in [0.15, 0.2) is 0 Å². The average Bonchev–Trinajstić information content (AvgIpc) is 1.41. The van der Waals surface area contributed by atoms with Gasteiger partial charge in [-0.2, -0.15) is 0 Å². The Balaban J connectivity index is 2.19. The van der Waals surface area contributed by atoms with Crippen LogP contribution in [0.3, 0.4) is 0 Å². The third-order valence-electron chi connectivity index (χ3n) is 0.498. The summed E-state index contributed by atoms with van der Waals surface area (Å²) in [7, 11) is 0. The van der Waals surface area contributed by atoms with Crippen molar-refractivity contribution in [1.82, 2.24) is 0 Å². The Kier molecular flexibility index (Phi) is 4.65. The fourth-order valence-electron chi connectivity index (χ4n) is 0.144. The van der Waals surface area contributed by atoms with Crippen molar-refractivity contribution >= 4 is 12.6 Å². The van der Waals surface area contributed by atoms with E-state index >= 15 is 0 Å². The number of hydrogen-bond donors (Lipinski definition) is 0. The van der Waals surface area contributed by atoms with Crippen LogP contribution in [0.2, 0.25) is 0 Å². The molecule has 0 rings (SSSR count). The molecule has 1 radical (unpaired) electrons. The zero-order chi connectivity index (χ0) is 4.12. The smallest absolute Gasteiger partial charge is 0.00368 e. The van der Waals surface area contributed by atoms with E-state index in [4.69, 9.17) is 0 Å². The summed E-state index contributed by atoms with van der Waals surface area (Å²) >= 11 is 4.65. The molecule has 0 saturated carbocycles. The number of unbranched alkanes of at least 4 members (excludes halogenated alkanes) is 1. The molecule has 0 amide bonds. The molecule has 0 saturated heterocycles. The van der Waals surface area contributed by atoms with Crippen LogP contribution < -0.4 is 0 Å². The molecule has 0 aliphatic heterocycles. The van der Waals surface area contributed by atoms with Crippen molar-refractivity contribution in [2.75, 3.05) is 5.75 Å². The number of hydrogen-bond acceptors (Lipinski definition) is 0. The summed E-state index contributed by atoms with van der Waals surface area (Å²) in [6.45, 7) is 2.15. The minimum atomic E-state index is 0.927. The number of rotatable bonds is 2. The van der Waals surface area contributed by atoms with Crippen molar-refractivity contribution in [1.29, 1.82) is 0 Å². The standard InChI is InChI=1S/C4H9S/c1-2-3-4-5/h2-4H2,1H3. The predicted octanol–water partition coefficient (Wildman–Crippen LogP) is 1.98. The van der Waals surface area contributed by atoms with E-state index in [2.05, 4.69) is 19.6 Å². The Labute approximate surface area is 39.0 Å². The zero-order valence-corrected chi connectivity index (χ0v) is 4.35. The van der Waals surface area contributed by atoms with Gasteiger partial charge in [0.1, 0.15) is 0 Å². The summed E-state index contributed by atoms with van der Waals surface area (Å²) < 4.78 is 0. The maximum Gasteiger partial charge on any atom is 0.00368 e. The van der Waals surface area contributed by atoms with Crippen LogP contribution in [0.1, 0.15) is 19.8 Å². The molecular weight excluding hydrogens is 80.1 g/mol. The minimum Gasteiger partial charge on any atom is -0.0942 e. The minimum absolute atomic E-state index is 0.927. The van der Waals surface area contributed by atoms with Crippen LogP contribution in [-0.2, 0) is 0 Å². The maximum absolute atomic E-state index is 4.65. The van der Waals surface area contributed by atoms with Gasteiger partial charge in [-0.3, -0.25) is 0 Å². The molecule has 0 unspecified atom stereocenters. The van der Waals surface area contributed by atoms with Crippen LogP contribution in [0.15, 0.2) is 0 Å². The van der Waals surface area contributed by atoms with Crippen molar-refractivity contribution in [2.24, 2.45) is 0 Å². The Morgan fingerprint density at radius 3 is 2.20 bits per heavy atom. The second-order valence-electron chi connectivity index (χ2n) is 1.06. The van der Waals surface area contributed by atoms with E-state index in [-0.39, 0.29) is 0 Å². The second-order valence-corrected chi connectivity index (χ2v) is 1.47. The Bertz CT molecular complexity index is 11.1. The highest BCUT2D eigenvalue weighted by molar-refractivity contribution is 7.80. The van der Waals surface area contributed by atoms with Crippen LogP contribution >= 0.6 is 12.6 Å². The van der Waals surface area contributed by atoms with Gasteiger partial charge in [-0.25, -0.2) is 0 Å². The Hall–Kier alpha value is 0.350. The topological polar surface area (TPSA) is 0 Å². The van der Waals surface area contributed by atoms with E-state index in [1.54, 1.807) is 0 Å². The van der Waals surface area contributed by atoms with Crippen LogP contribution in [-0.4, -0.2) is 5.75 Å².